The lowest BCUT2D eigenvalue weighted by atomic mass is 10.1. The summed E-state index contributed by atoms with van der Waals surface area (Å²) in [4.78, 5) is 12.1. The van der Waals surface area contributed by atoms with E-state index >= 15 is 0 Å². The topological polar surface area (TPSA) is 59.7 Å². The van der Waals surface area contributed by atoms with Crippen LogP contribution in [0.25, 0.3) is 6.08 Å². The van der Waals surface area contributed by atoms with Crippen molar-refractivity contribution in [3.8, 4) is 11.5 Å². The van der Waals surface area contributed by atoms with Gasteiger partial charge in [-0.3, -0.25) is 4.79 Å². The van der Waals surface area contributed by atoms with E-state index in [4.69, 9.17) is 20.8 Å². The Morgan fingerprint density at radius 2 is 1.92 bits per heavy atom. The molecule has 5 heteroatoms. The zero-order valence-corrected chi connectivity index (χ0v) is 14.9. The fraction of sp³-hybridized carbons (Fsp3) is 0.0952. The zero-order valence-electron chi connectivity index (χ0n) is 14.1. The van der Waals surface area contributed by atoms with Crippen molar-refractivity contribution in [3.05, 3.63) is 88.3 Å². The predicted molar refractivity (Wildman–Crippen MR) is 101 cm³/mol. The van der Waals surface area contributed by atoms with Crippen molar-refractivity contribution in [3.63, 3.8) is 0 Å². The maximum absolute atomic E-state index is 12.1. The molecule has 0 atom stereocenters. The van der Waals surface area contributed by atoms with E-state index in [2.05, 4.69) is 0 Å². The van der Waals surface area contributed by atoms with Crippen molar-refractivity contribution in [2.45, 2.75) is 13.5 Å². The second-order valence-electron chi connectivity index (χ2n) is 5.70. The molecule has 0 spiro atoms. The van der Waals surface area contributed by atoms with Crippen molar-refractivity contribution in [2.75, 3.05) is 0 Å². The number of rotatable bonds is 6. The quantitative estimate of drug-likeness (QED) is 0.466. The van der Waals surface area contributed by atoms with Gasteiger partial charge in [0, 0.05) is 16.1 Å². The fourth-order valence-electron chi connectivity index (χ4n) is 2.33. The molecule has 2 aromatic carbocycles. The number of phenols is 1. The third kappa shape index (κ3) is 4.35. The molecule has 3 aromatic rings. The van der Waals surface area contributed by atoms with E-state index in [9.17, 15) is 9.90 Å². The van der Waals surface area contributed by atoms with Gasteiger partial charge in [-0.05, 0) is 67.6 Å². The van der Waals surface area contributed by atoms with Crippen LogP contribution < -0.4 is 4.74 Å². The molecular weight excluding hydrogens is 352 g/mol. The van der Waals surface area contributed by atoms with Crippen molar-refractivity contribution in [1.82, 2.24) is 0 Å². The van der Waals surface area contributed by atoms with Gasteiger partial charge in [-0.15, -0.1) is 0 Å². The van der Waals surface area contributed by atoms with E-state index in [1.165, 1.54) is 18.2 Å². The first-order valence-electron chi connectivity index (χ1n) is 8.01. The third-order valence-corrected chi connectivity index (χ3v) is 4.23. The smallest absolute Gasteiger partial charge is 0.185 e. The molecule has 0 bridgehead atoms. The molecular formula is C21H17ClO4. The highest BCUT2D eigenvalue weighted by atomic mass is 35.5. The molecule has 0 unspecified atom stereocenters. The molecule has 4 nitrogen and oxygen atoms in total. The lowest BCUT2D eigenvalue weighted by Crippen LogP contribution is -1.95. The van der Waals surface area contributed by atoms with Crippen LogP contribution in [0, 0.1) is 6.92 Å². The molecule has 0 aliphatic heterocycles. The third-order valence-electron chi connectivity index (χ3n) is 3.82. The molecule has 0 aliphatic rings. The number of phenolic OH excluding ortho intramolecular Hbond substituents is 1. The Morgan fingerprint density at radius 3 is 2.69 bits per heavy atom. The van der Waals surface area contributed by atoms with Crippen LogP contribution in [0.4, 0.5) is 0 Å². The van der Waals surface area contributed by atoms with E-state index in [1.807, 2.05) is 25.1 Å². The van der Waals surface area contributed by atoms with Gasteiger partial charge in [0.25, 0.3) is 0 Å². The molecule has 132 valence electrons. The monoisotopic (exact) mass is 368 g/mol. The van der Waals surface area contributed by atoms with E-state index in [-0.39, 0.29) is 18.1 Å². The van der Waals surface area contributed by atoms with E-state index < -0.39 is 0 Å². The Kier molecular flexibility index (Phi) is 5.44. The summed E-state index contributed by atoms with van der Waals surface area (Å²) >= 11 is 6.07. The van der Waals surface area contributed by atoms with Crippen LogP contribution in [0.5, 0.6) is 11.5 Å². The predicted octanol–water partition coefficient (Wildman–Crippen LogP) is 5.42. The lowest BCUT2D eigenvalue weighted by Gasteiger charge is -2.08. The zero-order chi connectivity index (χ0) is 18.5. The Morgan fingerprint density at radius 1 is 1.15 bits per heavy atom. The lowest BCUT2D eigenvalue weighted by molar-refractivity contribution is 0.104. The summed E-state index contributed by atoms with van der Waals surface area (Å²) < 4.78 is 11.4. The number of benzene rings is 2. The summed E-state index contributed by atoms with van der Waals surface area (Å²) in [5, 5.41) is 9.90. The highest BCUT2D eigenvalue weighted by molar-refractivity contribution is 6.31. The van der Waals surface area contributed by atoms with Crippen molar-refractivity contribution < 1.29 is 19.1 Å². The van der Waals surface area contributed by atoms with Crippen LogP contribution in [0.3, 0.4) is 0 Å². The number of hydrogen-bond donors (Lipinski definition) is 1. The van der Waals surface area contributed by atoms with E-state index in [0.29, 0.717) is 27.9 Å². The average molecular weight is 369 g/mol. The number of furan rings is 1. The maximum Gasteiger partial charge on any atom is 0.185 e. The van der Waals surface area contributed by atoms with Gasteiger partial charge >= 0.3 is 0 Å². The van der Waals surface area contributed by atoms with Gasteiger partial charge in [0.1, 0.15) is 29.6 Å². The van der Waals surface area contributed by atoms with Crippen LogP contribution in [-0.2, 0) is 6.61 Å². The Bertz CT molecular complexity index is 939. The molecule has 0 fully saturated rings. The molecule has 3 rings (SSSR count). The summed E-state index contributed by atoms with van der Waals surface area (Å²) in [6.45, 7) is 2.16. The van der Waals surface area contributed by atoms with Gasteiger partial charge in [-0.2, -0.15) is 0 Å². The molecule has 1 N–H and O–H groups in total. The standard InChI is InChI=1S/C21H17ClO4/c1-14-19(22)3-2-4-21(14)25-13-18-10-9-17(26-18)11-12-20(24)15-5-7-16(23)8-6-15/h2-12,23H,13H2,1H3/b12-11+. The number of hydrogen-bond acceptors (Lipinski definition) is 4. The molecule has 0 amide bonds. The van der Waals surface area contributed by atoms with Gasteiger partial charge in [0.2, 0.25) is 0 Å². The Balaban J connectivity index is 1.61. The number of carbonyl (C=O) groups is 1. The van der Waals surface area contributed by atoms with Crippen molar-refractivity contribution in [2.24, 2.45) is 0 Å². The van der Waals surface area contributed by atoms with Crippen molar-refractivity contribution >= 4 is 23.5 Å². The summed E-state index contributed by atoms with van der Waals surface area (Å²) in [5.41, 5.74) is 1.37. The second kappa shape index (κ2) is 7.93. The first-order valence-corrected chi connectivity index (χ1v) is 8.39. The summed E-state index contributed by atoms with van der Waals surface area (Å²) in [6.07, 6.45) is 3.03. The van der Waals surface area contributed by atoms with Crippen LogP contribution in [-0.4, -0.2) is 10.9 Å². The summed E-state index contributed by atoms with van der Waals surface area (Å²) in [6, 6.07) is 15.1. The number of carbonyl (C=O) groups excluding carboxylic acids is 1. The minimum Gasteiger partial charge on any atom is -0.508 e. The van der Waals surface area contributed by atoms with Gasteiger partial charge < -0.3 is 14.3 Å². The van der Waals surface area contributed by atoms with Gasteiger partial charge in [0.05, 0.1) is 0 Å². The highest BCUT2D eigenvalue weighted by Gasteiger charge is 2.06. The minimum absolute atomic E-state index is 0.121. The maximum atomic E-state index is 12.1. The molecule has 1 aromatic heterocycles. The Labute approximate surface area is 156 Å². The second-order valence-corrected chi connectivity index (χ2v) is 6.11. The summed E-state index contributed by atoms with van der Waals surface area (Å²) in [5.74, 6) is 1.85. The first kappa shape index (κ1) is 17.8. The van der Waals surface area contributed by atoms with Crippen LogP contribution in [0.2, 0.25) is 5.02 Å². The van der Waals surface area contributed by atoms with Crippen LogP contribution in [0.15, 0.2) is 65.1 Å². The summed E-state index contributed by atoms with van der Waals surface area (Å²) in [7, 11) is 0. The van der Waals surface area contributed by atoms with Gasteiger partial charge in [-0.1, -0.05) is 17.7 Å². The van der Waals surface area contributed by atoms with E-state index in [1.54, 1.807) is 30.3 Å². The molecule has 26 heavy (non-hydrogen) atoms. The Hall–Kier alpha value is -2.98. The molecule has 0 radical (unpaired) electrons. The average Bonchev–Trinajstić information content (AvgIpc) is 3.09. The number of halogens is 1. The van der Waals surface area contributed by atoms with Crippen LogP contribution in [0.1, 0.15) is 27.4 Å². The number of aromatic hydroxyl groups is 1. The SMILES string of the molecule is Cc1c(Cl)cccc1OCc1ccc(/C=C/C(=O)c2ccc(O)cc2)o1. The minimum atomic E-state index is -0.172. The molecule has 0 aliphatic carbocycles. The fourth-order valence-corrected chi connectivity index (χ4v) is 2.50. The van der Waals surface area contributed by atoms with Crippen LogP contribution >= 0.6 is 11.6 Å². The number of ketones is 1. The molecule has 1 heterocycles. The van der Waals surface area contributed by atoms with E-state index in [0.717, 1.165) is 5.56 Å². The van der Waals surface area contributed by atoms with Gasteiger partial charge in [0.15, 0.2) is 5.78 Å². The van der Waals surface area contributed by atoms with Crippen molar-refractivity contribution in [1.29, 1.82) is 0 Å². The normalized spacial score (nSPS) is 11.0. The number of ether oxygens (including phenoxy) is 1. The number of allylic oxidation sites excluding steroid dienone is 1. The largest absolute Gasteiger partial charge is 0.508 e. The molecule has 0 saturated heterocycles. The molecule has 0 saturated carbocycles. The first-order chi connectivity index (χ1) is 12.5. The van der Waals surface area contributed by atoms with Gasteiger partial charge in [-0.25, -0.2) is 0 Å². The highest BCUT2D eigenvalue weighted by Crippen LogP contribution is 2.26.